The maximum Gasteiger partial charge on any atom is 0.244 e. The van der Waals surface area contributed by atoms with E-state index in [0.29, 0.717) is 5.75 Å². The van der Waals surface area contributed by atoms with Gasteiger partial charge < -0.3 is 14.5 Å². The van der Waals surface area contributed by atoms with Crippen molar-refractivity contribution in [1.29, 1.82) is 0 Å². The minimum absolute atomic E-state index is 0.0293. The van der Waals surface area contributed by atoms with Crippen LogP contribution < -0.4 is 10.1 Å². The second-order valence-corrected chi connectivity index (χ2v) is 9.04. The summed E-state index contributed by atoms with van der Waals surface area (Å²) in [6, 6.07) is 10.7. The predicted molar refractivity (Wildman–Crippen MR) is 131 cm³/mol. The topological polar surface area (TPSA) is 51.5 Å². The number of benzene rings is 2. The molecule has 1 aliphatic carbocycles. The molecule has 1 fully saturated rings. The van der Waals surface area contributed by atoms with Crippen molar-refractivity contribution in [2.45, 2.75) is 65.3 Å². The summed E-state index contributed by atoms with van der Waals surface area (Å²) in [6.45, 7) is 6.18. The number of methoxy groups -OCH3 is 1. The standard InChI is InChI=1S/C28H33NO3/c1-18-11-12-22(19(2)13-18)25-17-32-27-16-26(31-4)23(15-24(25)27)20(3)14-28(30)29-21-9-7-5-6-8-10-21/h11-17,21H,5-10H2,1-4H3,(H,29,30)/b20-14+. The number of rotatable bonds is 5. The lowest BCUT2D eigenvalue weighted by molar-refractivity contribution is -0.117. The Morgan fingerprint density at radius 1 is 1.06 bits per heavy atom. The van der Waals surface area contributed by atoms with Crippen LogP contribution in [-0.2, 0) is 4.79 Å². The summed E-state index contributed by atoms with van der Waals surface area (Å²) < 4.78 is 11.5. The maximum atomic E-state index is 12.7. The van der Waals surface area contributed by atoms with Gasteiger partial charge in [-0.3, -0.25) is 4.79 Å². The fourth-order valence-corrected chi connectivity index (χ4v) is 4.80. The second kappa shape index (κ2) is 9.64. The summed E-state index contributed by atoms with van der Waals surface area (Å²) in [5.41, 5.74) is 7.21. The third kappa shape index (κ3) is 4.74. The molecule has 32 heavy (non-hydrogen) atoms. The fraction of sp³-hybridized carbons (Fsp3) is 0.393. The lowest BCUT2D eigenvalue weighted by Crippen LogP contribution is -2.33. The van der Waals surface area contributed by atoms with Crippen LogP contribution in [0.4, 0.5) is 0 Å². The van der Waals surface area contributed by atoms with Crippen LogP contribution in [0.25, 0.3) is 27.7 Å². The predicted octanol–water partition coefficient (Wildman–Crippen LogP) is 6.97. The molecule has 1 N–H and O–H groups in total. The van der Waals surface area contributed by atoms with Gasteiger partial charge in [0.1, 0.15) is 11.3 Å². The minimum Gasteiger partial charge on any atom is -0.496 e. The van der Waals surface area contributed by atoms with Gasteiger partial charge in [0, 0.05) is 34.7 Å². The van der Waals surface area contributed by atoms with Crippen LogP contribution in [0.2, 0.25) is 0 Å². The van der Waals surface area contributed by atoms with Gasteiger partial charge in [-0.05, 0) is 56.4 Å². The third-order valence-electron chi connectivity index (χ3n) is 6.54. The normalized spacial score (nSPS) is 15.6. The maximum absolute atomic E-state index is 12.7. The van der Waals surface area contributed by atoms with E-state index >= 15 is 0 Å². The molecule has 1 aliphatic rings. The molecule has 0 spiro atoms. The summed E-state index contributed by atoms with van der Waals surface area (Å²) in [5, 5.41) is 4.22. The van der Waals surface area contributed by atoms with Crippen LogP contribution >= 0.6 is 0 Å². The molecule has 1 heterocycles. The molecule has 3 aromatic rings. The van der Waals surface area contributed by atoms with E-state index in [2.05, 4.69) is 43.4 Å². The average molecular weight is 432 g/mol. The lowest BCUT2D eigenvalue weighted by atomic mass is 9.96. The number of aryl methyl sites for hydroxylation is 2. The van der Waals surface area contributed by atoms with Crippen molar-refractivity contribution in [3.63, 3.8) is 0 Å². The Labute approximate surface area is 190 Å². The molecule has 0 bridgehead atoms. The Morgan fingerprint density at radius 2 is 1.81 bits per heavy atom. The van der Waals surface area contributed by atoms with Gasteiger partial charge in [0.25, 0.3) is 0 Å². The monoisotopic (exact) mass is 431 g/mol. The average Bonchev–Trinajstić information content (AvgIpc) is 2.99. The van der Waals surface area contributed by atoms with Crippen molar-refractivity contribution < 1.29 is 13.9 Å². The number of allylic oxidation sites excluding steroid dienone is 1. The molecule has 1 amide bonds. The van der Waals surface area contributed by atoms with Crippen molar-refractivity contribution in [1.82, 2.24) is 5.32 Å². The summed E-state index contributed by atoms with van der Waals surface area (Å²) in [4.78, 5) is 12.7. The highest BCUT2D eigenvalue weighted by Gasteiger charge is 2.17. The molecule has 0 unspecified atom stereocenters. The highest BCUT2D eigenvalue weighted by molar-refractivity contribution is 6.00. The highest BCUT2D eigenvalue weighted by atomic mass is 16.5. The molecule has 0 aliphatic heterocycles. The van der Waals surface area contributed by atoms with E-state index in [4.69, 9.17) is 9.15 Å². The first kappa shape index (κ1) is 22.2. The quantitative estimate of drug-likeness (QED) is 0.351. The molecule has 2 aromatic carbocycles. The van der Waals surface area contributed by atoms with Gasteiger partial charge in [0.15, 0.2) is 0 Å². The van der Waals surface area contributed by atoms with E-state index in [1.54, 1.807) is 13.2 Å². The number of carbonyl (C=O) groups excluding carboxylic acids is 1. The van der Waals surface area contributed by atoms with E-state index in [1.165, 1.54) is 36.8 Å². The molecular formula is C28H33NO3. The van der Waals surface area contributed by atoms with E-state index < -0.39 is 0 Å². The van der Waals surface area contributed by atoms with E-state index in [1.807, 2.05) is 19.3 Å². The highest BCUT2D eigenvalue weighted by Crippen LogP contribution is 2.38. The molecule has 0 saturated heterocycles. The third-order valence-corrected chi connectivity index (χ3v) is 6.54. The SMILES string of the molecule is COc1cc2occ(-c3ccc(C)cc3C)c2cc1/C(C)=C/C(=O)NC1CCCCCC1. The van der Waals surface area contributed by atoms with Gasteiger partial charge >= 0.3 is 0 Å². The molecule has 1 saturated carbocycles. The molecule has 4 nitrogen and oxygen atoms in total. The van der Waals surface area contributed by atoms with Gasteiger partial charge in [-0.2, -0.15) is 0 Å². The van der Waals surface area contributed by atoms with Crippen molar-refractivity contribution in [2.75, 3.05) is 7.11 Å². The van der Waals surface area contributed by atoms with Crippen LogP contribution in [0.1, 0.15) is 62.1 Å². The first-order valence-corrected chi connectivity index (χ1v) is 11.6. The zero-order valence-corrected chi connectivity index (χ0v) is 19.6. The van der Waals surface area contributed by atoms with Crippen molar-refractivity contribution >= 4 is 22.4 Å². The van der Waals surface area contributed by atoms with Gasteiger partial charge in [0.2, 0.25) is 5.91 Å². The number of fused-ring (bicyclic) bond motifs is 1. The molecule has 0 radical (unpaired) electrons. The van der Waals surface area contributed by atoms with Crippen LogP contribution in [0.3, 0.4) is 0 Å². The number of hydrogen-bond donors (Lipinski definition) is 1. The minimum atomic E-state index is -0.0293. The van der Waals surface area contributed by atoms with Crippen LogP contribution in [0.15, 0.2) is 47.1 Å². The van der Waals surface area contributed by atoms with Gasteiger partial charge in [-0.25, -0.2) is 0 Å². The number of furan rings is 1. The zero-order valence-electron chi connectivity index (χ0n) is 19.6. The Bertz CT molecular complexity index is 1150. The largest absolute Gasteiger partial charge is 0.496 e. The molecule has 4 rings (SSSR count). The van der Waals surface area contributed by atoms with Gasteiger partial charge in [-0.15, -0.1) is 0 Å². The van der Waals surface area contributed by atoms with E-state index in [-0.39, 0.29) is 11.9 Å². The first-order chi connectivity index (χ1) is 15.5. The Kier molecular flexibility index (Phi) is 6.69. The number of ether oxygens (including phenoxy) is 1. The summed E-state index contributed by atoms with van der Waals surface area (Å²) in [5.74, 6) is 0.674. The number of nitrogens with one attached hydrogen (secondary N) is 1. The number of carbonyl (C=O) groups is 1. The summed E-state index contributed by atoms with van der Waals surface area (Å²) >= 11 is 0. The van der Waals surface area contributed by atoms with E-state index in [0.717, 1.165) is 46.1 Å². The van der Waals surface area contributed by atoms with Crippen molar-refractivity contribution in [2.24, 2.45) is 0 Å². The molecule has 168 valence electrons. The van der Waals surface area contributed by atoms with Crippen molar-refractivity contribution in [3.05, 3.63) is 59.4 Å². The fourth-order valence-electron chi connectivity index (χ4n) is 4.80. The van der Waals surface area contributed by atoms with Crippen LogP contribution in [0, 0.1) is 13.8 Å². The molecule has 0 atom stereocenters. The van der Waals surface area contributed by atoms with Crippen LogP contribution in [-0.4, -0.2) is 19.1 Å². The Hall–Kier alpha value is -3.01. The lowest BCUT2D eigenvalue weighted by Gasteiger charge is -2.15. The molecule has 1 aromatic heterocycles. The summed E-state index contributed by atoms with van der Waals surface area (Å²) in [6.07, 6.45) is 10.6. The smallest absolute Gasteiger partial charge is 0.244 e. The number of hydrogen-bond acceptors (Lipinski definition) is 3. The zero-order chi connectivity index (χ0) is 22.7. The second-order valence-electron chi connectivity index (χ2n) is 9.04. The van der Waals surface area contributed by atoms with Crippen LogP contribution in [0.5, 0.6) is 5.75 Å². The molecule has 4 heteroatoms. The first-order valence-electron chi connectivity index (χ1n) is 11.6. The van der Waals surface area contributed by atoms with Gasteiger partial charge in [0.05, 0.1) is 13.4 Å². The molecular weight excluding hydrogens is 398 g/mol. The Morgan fingerprint density at radius 3 is 2.50 bits per heavy atom. The van der Waals surface area contributed by atoms with E-state index in [9.17, 15) is 4.79 Å². The van der Waals surface area contributed by atoms with Crippen molar-refractivity contribution in [3.8, 4) is 16.9 Å². The Balaban J connectivity index is 1.67. The van der Waals surface area contributed by atoms with Gasteiger partial charge in [-0.1, -0.05) is 49.4 Å². The number of amides is 1. The summed E-state index contributed by atoms with van der Waals surface area (Å²) in [7, 11) is 1.65.